The van der Waals surface area contributed by atoms with Crippen LogP contribution in [-0.2, 0) is 24.1 Å². The van der Waals surface area contributed by atoms with Gasteiger partial charge in [0.25, 0.3) is 0 Å². The molecule has 122 valence electrons. The Balaban J connectivity index is 1.47. The molecule has 2 heterocycles. The zero-order valence-corrected chi connectivity index (χ0v) is 14.9. The van der Waals surface area contributed by atoms with Crippen molar-refractivity contribution in [1.29, 1.82) is 0 Å². The van der Waals surface area contributed by atoms with Gasteiger partial charge in [0.2, 0.25) is 5.91 Å². The van der Waals surface area contributed by atoms with Crippen LogP contribution in [0.5, 0.6) is 0 Å². The van der Waals surface area contributed by atoms with Crippen molar-refractivity contribution in [3.63, 3.8) is 0 Å². The molecule has 1 aromatic carbocycles. The summed E-state index contributed by atoms with van der Waals surface area (Å²) in [7, 11) is 0. The van der Waals surface area contributed by atoms with Crippen molar-refractivity contribution < 1.29 is 4.79 Å². The van der Waals surface area contributed by atoms with E-state index in [4.69, 9.17) is 0 Å². The van der Waals surface area contributed by atoms with E-state index in [9.17, 15) is 4.79 Å². The van der Waals surface area contributed by atoms with Crippen LogP contribution in [0.25, 0.3) is 11.3 Å². The fourth-order valence-corrected chi connectivity index (χ4v) is 4.53. The maximum atomic E-state index is 12.1. The van der Waals surface area contributed by atoms with Crippen LogP contribution >= 0.6 is 22.7 Å². The lowest BCUT2D eigenvalue weighted by Gasteiger charge is -2.16. The number of aromatic nitrogens is 1. The molecule has 3 aromatic rings. The topological polar surface area (TPSA) is 42.0 Å². The number of fused-ring (bicyclic) bond motifs is 1. The molecule has 0 saturated heterocycles. The minimum Gasteiger partial charge on any atom is -0.302 e. The summed E-state index contributed by atoms with van der Waals surface area (Å²) in [6.45, 7) is 0. The Morgan fingerprint density at radius 2 is 2.00 bits per heavy atom. The maximum Gasteiger partial charge on any atom is 0.231 e. The van der Waals surface area contributed by atoms with Crippen molar-refractivity contribution in [2.24, 2.45) is 0 Å². The smallest absolute Gasteiger partial charge is 0.231 e. The van der Waals surface area contributed by atoms with Gasteiger partial charge < -0.3 is 5.32 Å². The van der Waals surface area contributed by atoms with E-state index in [0.717, 1.165) is 22.6 Å². The van der Waals surface area contributed by atoms with E-state index in [1.807, 2.05) is 22.9 Å². The number of rotatable bonds is 4. The van der Waals surface area contributed by atoms with E-state index >= 15 is 0 Å². The first-order valence-electron chi connectivity index (χ1n) is 8.18. The highest BCUT2D eigenvalue weighted by Crippen LogP contribution is 2.29. The predicted octanol–water partition coefficient (Wildman–Crippen LogP) is 4.93. The van der Waals surface area contributed by atoms with E-state index in [1.165, 1.54) is 41.7 Å². The highest BCUT2D eigenvalue weighted by molar-refractivity contribution is 7.14. The van der Waals surface area contributed by atoms with E-state index in [0.29, 0.717) is 11.6 Å². The summed E-state index contributed by atoms with van der Waals surface area (Å²) in [5, 5.41) is 7.58. The molecule has 1 aliphatic carbocycles. The predicted molar refractivity (Wildman–Crippen MR) is 101 cm³/mol. The van der Waals surface area contributed by atoms with Crippen LogP contribution in [0.1, 0.15) is 28.8 Å². The summed E-state index contributed by atoms with van der Waals surface area (Å²) in [6.07, 6.45) is 5.33. The number of amides is 1. The van der Waals surface area contributed by atoms with Crippen molar-refractivity contribution in [3.05, 3.63) is 57.1 Å². The zero-order chi connectivity index (χ0) is 16.4. The summed E-state index contributed by atoms with van der Waals surface area (Å²) in [6, 6.07) is 10.6. The average molecular weight is 355 g/mol. The van der Waals surface area contributed by atoms with E-state index in [2.05, 4.69) is 28.5 Å². The third kappa shape index (κ3) is 3.42. The number of thiophene rings is 1. The van der Waals surface area contributed by atoms with Crippen LogP contribution in [0.4, 0.5) is 5.13 Å². The lowest BCUT2D eigenvalue weighted by Crippen LogP contribution is -2.13. The summed E-state index contributed by atoms with van der Waals surface area (Å²) in [4.78, 5) is 17.7. The third-order valence-electron chi connectivity index (χ3n) is 4.31. The first-order chi connectivity index (χ1) is 11.8. The number of hydrogen-bond acceptors (Lipinski definition) is 4. The second kappa shape index (κ2) is 6.87. The number of aryl methyl sites for hydroxylation is 2. The average Bonchev–Trinajstić information content (AvgIpc) is 3.26. The fraction of sp³-hybridized carbons (Fsp3) is 0.263. The minimum atomic E-state index is -0.0104. The van der Waals surface area contributed by atoms with Gasteiger partial charge in [-0.15, -0.1) is 22.7 Å². The Morgan fingerprint density at radius 1 is 1.12 bits per heavy atom. The Morgan fingerprint density at radius 3 is 2.83 bits per heavy atom. The molecule has 4 rings (SSSR count). The summed E-state index contributed by atoms with van der Waals surface area (Å²) in [5.41, 5.74) is 5.02. The van der Waals surface area contributed by atoms with Crippen molar-refractivity contribution in [3.8, 4) is 11.3 Å². The van der Waals surface area contributed by atoms with Gasteiger partial charge in [0, 0.05) is 15.8 Å². The fourth-order valence-electron chi connectivity index (χ4n) is 3.09. The van der Waals surface area contributed by atoms with Crippen molar-refractivity contribution >= 4 is 33.7 Å². The molecule has 3 nitrogen and oxygen atoms in total. The molecule has 1 amide bonds. The van der Waals surface area contributed by atoms with Gasteiger partial charge in [0.15, 0.2) is 5.13 Å². The highest BCUT2D eigenvalue weighted by atomic mass is 32.1. The van der Waals surface area contributed by atoms with Crippen molar-refractivity contribution in [1.82, 2.24) is 4.98 Å². The maximum absolute atomic E-state index is 12.1. The van der Waals surface area contributed by atoms with Crippen LogP contribution in [0, 0.1) is 0 Å². The Bertz CT molecular complexity index is 852. The Labute approximate surface area is 149 Å². The molecule has 5 heteroatoms. The van der Waals surface area contributed by atoms with Crippen LogP contribution in [0.2, 0.25) is 0 Å². The molecule has 0 spiro atoms. The lowest BCUT2D eigenvalue weighted by atomic mass is 9.90. The number of hydrogen-bond donors (Lipinski definition) is 1. The van der Waals surface area contributed by atoms with E-state index in [-0.39, 0.29) is 5.91 Å². The normalized spacial score (nSPS) is 13.5. The summed E-state index contributed by atoms with van der Waals surface area (Å²) >= 11 is 3.08. The highest BCUT2D eigenvalue weighted by Gasteiger charge is 2.13. The first-order valence-corrected chi connectivity index (χ1v) is 9.94. The molecule has 1 N–H and O–H groups in total. The monoisotopic (exact) mass is 354 g/mol. The molecule has 0 unspecified atom stereocenters. The van der Waals surface area contributed by atoms with Gasteiger partial charge in [-0.3, -0.25) is 4.79 Å². The third-order valence-corrected chi connectivity index (χ3v) is 5.94. The van der Waals surface area contributed by atoms with Gasteiger partial charge in [-0.05, 0) is 54.3 Å². The van der Waals surface area contributed by atoms with Crippen LogP contribution in [0.3, 0.4) is 0 Å². The molecule has 0 saturated carbocycles. The number of carbonyl (C=O) groups is 1. The van der Waals surface area contributed by atoms with Crippen LogP contribution < -0.4 is 5.32 Å². The molecule has 0 aliphatic heterocycles. The number of benzene rings is 1. The van der Waals surface area contributed by atoms with Gasteiger partial charge >= 0.3 is 0 Å². The number of nitrogens with one attached hydrogen (secondary N) is 1. The number of anilines is 1. The van der Waals surface area contributed by atoms with Crippen LogP contribution in [0.15, 0.2) is 41.1 Å². The molecular weight excluding hydrogens is 336 g/mol. The lowest BCUT2D eigenvalue weighted by molar-refractivity contribution is -0.115. The Hall–Kier alpha value is -1.98. The first kappa shape index (κ1) is 15.5. The summed E-state index contributed by atoms with van der Waals surface area (Å²) in [5.74, 6) is -0.0104. The van der Waals surface area contributed by atoms with Gasteiger partial charge in [-0.25, -0.2) is 4.98 Å². The van der Waals surface area contributed by atoms with Gasteiger partial charge in [0.05, 0.1) is 12.1 Å². The molecule has 24 heavy (non-hydrogen) atoms. The van der Waals surface area contributed by atoms with Crippen molar-refractivity contribution in [2.45, 2.75) is 32.1 Å². The number of thiazole rings is 1. The van der Waals surface area contributed by atoms with E-state index in [1.54, 1.807) is 11.3 Å². The van der Waals surface area contributed by atoms with Crippen molar-refractivity contribution in [2.75, 3.05) is 5.32 Å². The van der Waals surface area contributed by atoms with E-state index < -0.39 is 0 Å². The second-order valence-electron chi connectivity index (χ2n) is 6.03. The summed E-state index contributed by atoms with van der Waals surface area (Å²) < 4.78 is 0. The molecule has 0 radical (unpaired) electrons. The van der Waals surface area contributed by atoms with Gasteiger partial charge in [0.1, 0.15) is 0 Å². The quantitative estimate of drug-likeness (QED) is 0.722. The SMILES string of the molecule is O=C(Cc1cccs1)Nc1nc(-c2ccc3c(c2)CCCC3)cs1. The van der Waals surface area contributed by atoms with Crippen LogP contribution in [-0.4, -0.2) is 10.9 Å². The molecular formula is C19H18N2OS2. The zero-order valence-electron chi connectivity index (χ0n) is 13.2. The van der Waals surface area contributed by atoms with Gasteiger partial charge in [-0.1, -0.05) is 18.2 Å². The standard InChI is InChI=1S/C19H18N2OS2/c22-18(11-16-6-3-9-23-16)21-19-20-17(12-24-19)15-8-7-13-4-1-2-5-14(13)10-15/h3,6-10,12H,1-2,4-5,11H2,(H,20,21,22). The minimum absolute atomic E-state index is 0.0104. The van der Waals surface area contributed by atoms with Gasteiger partial charge in [-0.2, -0.15) is 0 Å². The molecule has 0 bridgehead atoms. The largest absolute Gasteiger partial charge is 0.302 e. The number of nitrogens with zero attached hydrogens (tertiary/aromatic N) is 1. The molecule has 0 atom stereocenters. The Kier molecular flexibility index (Phi) is 4.45. The number of carbonyl (C=O) groups excluding carboxylic acids is 1. The molecule has 1 aliphatic rings. The molecule has 0 fully saturated rings. The second-order valence-corrected chi connectivity index (χ2v) is 7.92. The molecule has 2 aromatic heterocycles.